The minimum Gasteiger partial charge on any atom is -0.293 e. The summed E-state index contributed by atoms with van der Waals surface area (Å²) in [6.45, 7) is 4.01. The van der Waals surface area contributed by atoms with Gasteiger partial charge in [-0.1, -0.05) is 17.8 Å². The van der Waals surface area contributed by atoms with Crippen molar-refractivity contribution in [2.45, 2.75) is 19.0 Å². The molecule has 2 heterocycles. The zero-order chi connectivity index (χ0) is 20.5. The first-order chi connectivity index (χ1) is 13.9. The molecule has 0 radical (unpaired) electrons. The van der Waals surface area contributed by atoms with Crippen molar-refractivity contribution in [2.24, 2.45) is 0 Å². The van der Waals surface area contributed by atoms with Gasteiger partial charge in [0.1, 0.15) is 5.82 Å². The molecule has 0 atom stereocenters. The Morgan fingerprint density at radius 1 is 1.03 bits per heavy atom. The van der Waals surface area contributed by atoms with Crippen molar-refractivity contribution in [3.63, 3.8) is 0 Å². The smallest absolute Gasteiger partial charge is 0.293 e. The van der Waals surface area contributed by atoms with Crippen LogP contribution in [0.5, 0.6) is 0 Å². The van der Waals surface area contributed by atoms with Crippen molar-refractivity contribution in [3.05, 3.63) is 87.7 Å². The third-order valence-electron chi connectivity index (χ3n) is 4.71. The highest BCUT2D eigenvalue weighted by Crippen LogP contribution is 2.18. The summed E-state index contributed by atoms with van der Waals surface area (Å²) in [5, 5.41) is 8.50. The van der Waals surface area contributed by atoms with Gasteiger partial charge in [0.15, 0.2) is 10.9 Å². The van der Waals surface area contributed by atoms with Gasteiger partial charge in [-0.3, -0.25) is 18.6 Å². The van der Waals surface area contributed by atoms with Crippen molar-refractivity contribution in [2.75, 3.05) is 5.75 Å². The lowest BCUT2D eigenvalue weighted by Crippen LogP contribution is -2.20. The van der Waals surface area contributed by atoms with Crippen LogP contribution in [0.25, 0.3) is 11.3 Å². The lowest BCUT2D eigenvalue weighted by Gasteiger charge is -2.08. The van der Waals surface area contributed by atoms with E-state index in [9.17, 15) is 14.0 Å². The molecule has 2 aromatic heterocycles. The molecule has 29 heavy (non-hydrogen) atoms. The van der Waals surface area contributed by atoms with Gasteiger partial charge < -0.3 is 0 Å². The second kappa shape index (κ2) is 7.63. The normalized spacial score (nSPS) is 11.1. The predicted molar refractivity (Wildman–Crippen MR) is 110 cm³/mol. The summed E-state index contributed by atoms with van der Waals surface area (Å²) in [5.74, 6) is -0.444. The van der Waals surface area contributed by atoms with Crippen LogP contribution in [0, 0.1) is 19.7 Å². The fourth-order valence-electron chi connectivity index (χ4n) is 2.89. The molecular formula is C21H17FN4O2S. The number of halogens is 1. The van der Waals surface area contributed by atoms with Gasteiger partial charge in [-0.15, -0.1) is 10.2 Å². The van der Waals surface area contributed by atoms with E-state index in [0.29, 0.717) is 10.7 Å². The van der Waals surface area contributed by atoms with Gasteiger partial charge >= 0.3 is 5.56 Å². The molecule has 0 aliphatic carbocycles. The molecule has 2 aromatic carbocycles. The maximum Gasteiger partial charge on any atom is 0.300 e. The molecule has 4 rings (SSSR count). The SMILES string of the molecule is Cc1ccc(-n2ccn3c(SCC(=O)c4ccc(F)cc4)nnc3c2=O)cc1C. The van der Waals surface area contributed by atoms with Crippen LogP contribution in [0.15, 0.2) is 64.8 Å². The summed E-state index contributed by atoms with van der Waals surface area (Å²) >= 11 is 1.18. The van der Waals surface area contributed by atoms with Crippen molar-refractivity contribution in [1.82, 2.24) is 19.2 Å². The van der Waals surface area contributed by atoms with Crippen LogP contribution in [-0.4, -0.2) is 30.7 Å². The van der Waals surface area contributed by atoms with Crippen LogP contribution in [0.1, 0.15) is 21.5 Å². The summed E-state index contributed by atoms with van der Waals surface area (Å²) in [7, 11) is 0. The third-order valence-corrected chi connectivity index (χ3v) is 5.65. The minimum absolute atomic E-state index is 0.104. The second-order valence-corrected chi connectivity index (χ2v) is 7.58. The van der Waals surface area contributed by atoms with Gasteiger partial charge in [0, 0.05) is 23.6 Å². The first kappa shape index (κ1) is 19.1. The molecule has 0 amide bonds. The van der Waals surface area contributed by atoms with E-state index in [-0.39, 0.29) is 22.7 Å². The van der Waals surface area contributed by atoms with Gasteiger partial charge in [-0.2, -0.15) is 0 Å². The van der Waals surface area contributed by atoms with Crippen LogP contribution in [0.2, 0.25) is 0 Å². The van der Waals surface area contributed by atoms with Crippen molar-refractivity contribution in [1.29, 1.82) is 0 Å². The van der Waals surface area contributed by atoms with Crippen LogP contribution in [-0.2, 0) is 0 Å². The Labute approximate surface area is 170 Å². The number of aryl methyl sites for hydroxylation is 2. The molecule has 0 fully saturated rings. The third kappa shape index (κ3) is 3.71. The molecule has 0 saturated carbocycles. The number of ketones is 1. The molecule has 6 nitrogen and oxygen atoms in total. The number of aromatic nitrogens is 4. The number of hydrogen-bond donors (Lipinski definition) is 0. The quantitative estimate of drug-likeness (QED) is 0.373. The first-order valence-corrected chi connectivity index (χ1v) is 9.88. The number of fused-ring (bicyclic) bond motifs is 1. The Hall–Kier alpha value is -3.26. The van der Waals surface area contributed by atoms with Gasteiger partial charge in [0.05, 0.1) is 5.75 Å². The van der Waals surface area contributed by atoms with E-state index in [1.807, 2.05) is 32.0 Å². The van der Waals surface area contributed by atoms with Gasteiger partial charge in [-0.05, 0) is 61.4 Å². The molecule has 0 bridgehead atoms. The molecule has 0 aliphatic rings. The van der Waals surface area contributed by atoms with Gasteiger partial charge in [0.2, 0.25) is 5.65 Å². The van der Waals surface area contributed by atoms with Crippen LogP contribution < -0.4 is 5.56 Å². The Morgan fingerprint density at radius 3 is 2.52 bits per heavy atom. The number of Topliss-reactive ketones (excluding diaryl/α,β-unsaturated/α-hetero) is 1. The molecule has 0 unspecified atom stereocenters. The highest BCUT2D eigenvalue weighted by molar-refractivity contribution is 7.99. The Balaban J connectivity index is 1.60. The van der Waals surface area contributed by atoms with E-state index < -0.39 is 5.82 Å². The molecule has 8 heteroatoms. The molecule has 146 valence electrons. The summed E-state index contributed by atoms with van der Waals surface area (Å²) < 4.78 is 16.1. The number of nitrogens with zero attached hydrogens (tertiary/aromatic N) is 4. The number of benzene rings is 2. The van der Waals surface area contributed by atoms with Crippen LogP contribution in [0.4, 0.5) is 4.39 Å². The molecule has 0 saturated heterocycles. The average molecular weight is 408 g/mol. The maximum atomic E-state index is 13.0. The number of hydrogen-bond acceptors (Lipinski definition) is 5. The van der Waals surface area contributed by atoms with Crippen molar-refractivity contribution in [3.8, 4) is 5.69 Å². The van der Waals surface area contributed by atoms with Crippen LogP contribution in [0.3, 0.4) is 0 Å². The van der Waals surface area contributed by atoms with E-state index in [4.69, 9.17) is 0 Å². The number of thioether (sulfide) groups is 1. The maximum absolute atomic E-state index is 13.0. The monoisotopic (exact) mass is 408 g/mol. The van der Waals surface area contributed by atoms with Crippen molar-refractivity contribution >= 4 is 23.2 Å². The molecule has 0 spiro atoms. The molecule has 0 N–H and O–H groups in total. The highest BCUT2D eigenvalue weighted by Gasteiger charge is 2.14. The molecule has 4 aromatic rings. The largest absolute Gasteiger partial charge is 0.300 e. The number of carbonyl (C=O) groups is 1. The molecular weight excluding hydrogens is 391 g/mol. The second-order valence-electron chi connectivity index (χ2n) is 6.64. The zero-order valence-electron chi connectivity index (χ0n) is 15.8. The minimum atomic E-state index is -0.391. The number of carbonyl (C=O) groups excluding carboxylic acids is 1. The predicted octanol–water partition coefficient (Wildman–Crippen LogP) is 3.61. The summed E-state index contributed by atoms with van der Waals surface area (Å²) in [5.41, 5.74) is 3.30. The fraction of sp³-hybridized carbons (Fsp3) is 0.143. The summed E-state index contributed by atoms with van der Waals surface area (Å²) in [6.07, 6.45) is 3.37. The Kier molecular flexibility index (Phi) is 5.02. The van der Waals surface area contributed by atoms with E-state index >= 15 is 0 Å². The highest BCUT2D eigenvalue weighted by atomic mass is 32.2. The number of rotatable bonds is 5. The average Bonchev–Trinajstić information content (AvgIpc) is 3.13. The van der Waals surface area contributed by atoms with Gasteiger partial charge in [-0.25, -0.2) is 4.39 Å². The fourth-order valence-corrected chi connectivity index (χ4v) is 3.70. The molecule has 0 aliphatic heterocycles. The summed E-state index contributed by atoms with van der Waals surface area (Å²) in [4.78, 5) is 25.1. The topological polar surface area (TPSA) is 69.3 Å². The summed E-state index contributed by atoms with van der Waals surface area (Å²) in [6, 6.07) is 11.2. The van der Waals surface area contributed by atoms with Gasteiger partial charge in [0.25, 0.3) is 0 Å². The van der Waals surface area contributed by atoms with Crippen molar-refractivity contribution < 1.29 is 9.18 Å². The Bertz CT molecular complexity index is 1280. The van der Waals surface area contributed by atoms with E-state index in [1.165, 1.54) is 40.6 Å². The van der Waals surface area contributed by atoms with E-state index in [0.717, 1.165) is 16.8 Å². The standard InChI is InChI=1S/C21H17FN4O2S/c1-13-3-8-17(11-14(13)2)25-9-10-26-19(20(25)28)23-24-21(26)29-12-18(27)15-4-6-16(22)7-5-15/h3-11H,12H2,1-2H3. The van der Waals surface area contributed by atoms with E-state index in [1.54, 1.807) is 16.8 Å². The lowest BCUT2D eigenvalue weighted by molar-refractivity contribution is 0.102. The lowest BCUT2D eigenvalue weighted by atomic mass is 10.1. The zero-order valence-corrected chi connectivity index (χ0v) is 16.6. The van der Waals surface area contributed by atoms with Crippen LogP contribution >= 0.6 is 11.8 Å². The van der Waals surface area contributed by atoms with E-state index in [2.05, 4.69) is 10.2 Å². The first-order valence-electron chi connectivity index (χ1n) is 8.89. The Morgan fingerprint density at radius 2 is 1.79 bits per heavy atom.